The molecule has 1 aromatic heterocycles. The second kappa shape index (κ2) is 4.55. The lowest BCUT2D eigenvalue weighted by Gasteiger charge is -2.07. The van der Waals surface area contributed by atoms with Gasteiger partial charge in [0.1, 0.15) is 5.69 Å². The summed E-state index contributed by atoms with van der Waals surface area (Å²) in [5, 5.41) is 0.588. The third-order valence-corrected chi connectivity index (χ3v) is 2.68. The van der Waals surface area contributed by atoms with Gasteiger partial charge in [0.15, 0.2) is 5.82 Å². The van der Waals surface area contributed by atoms with Crippen LogP contribution in [0, 0.1) is 5.82 Å². The van der Waals surface area contributed by atoms with Crippen LogP contribution in [0.4, 0.5) is 10.1 Å². The van der Waals surface area contributed by atoms with Crippen LogP contribution < -0.4 is 5.73 Å². The number of benzene rings is 1. The zero-order valence-corrected chi connectivity index (χ0v) is 9.71. The fourth-order valence-corrected chi connectivity index (χ4v) is 1.61. The van der Waals surface area contributed by atoms with Crippen LogP contribution in [0.15, 0.2) is 37.0 Å². The Hall–Kier alpha value is -1.87. The van der Waals surface area contributed by atoms with Crippen LogP contribution in [0.3, 0.4) is 0 Å². The highest BCUT2D eigenvalue weighted by Crippen LogP contribution is 2.27. The van der Waals surface area contributed by atoms with Crippen LogP contribution in [0.2, 0.25) is 5.02 Å². The van der Waals surface area contributed by atoms with Gasteiger partial charge in [-0.1, -0.05) is 36.4 Å². The van der Waals surface area contributed by atoms with Gasteiger partial charge < -0.3 is 5.73 Å². The molecule has 0 aliphatic rings. The zero-order valence-electron chi connectivity index (χ0n) is 8.95. The molecule has 0 radical (unpaired) electrons. The molecule has 4 heteroatoms. The van der Waals surface area contributed by atoms with Crippen molar-refractivity contribution in [1.29, 1.82) is 0 Å². The zero-order chi connectivity index (χ0) is 12.4. The number of aromatic nitrogens is 1. The minimum Gasteiger partial charge on any atom is -0.396 e. The maximum absolute atomic E-state index is 14.0. The van der Waals surface area contributed by atoms with E-state index in [0.29, 0.717) is 16.1 Å². The van der Waals surface area contributed by atoms with Crippen LogP contribution in [0.1, 0.15) is 5.56 Å². The molecule has 0 saturated carbocycles. The summed E-state index contributed by atoms with van der Waals surface area (Å²) in [6.07, 6.45) is 2.96. The Balaban J connectivity index is 2.57. The standard InChI is InChI=1S/C13H10ClFN2/c1-2-8-7-17-13(11(15)12(8)16)9-3-5-10(14)6-4-9/h2-7H,1H2,(H2,16,17). The topological polar surface area (TPSA) is 38.9 Å². The highest BCUT2D eigenvalue weighted by atomic mass is 35.5. The number of nitrogens with two attached hydrogens (primary N) is 1. The molecule has 0 saturated heterocycles. The van der Waals surface area contributed by atoms with Gasteiger partial charge in [-0.05, 0) is 12.1 Å². The van der Waals surface area contributed by atoms with Crippen molar-refractivity contribution in [2.75, 3.05) is 5.73 Å². The predicted octanol–water partition coefficient (Wildman–Crippen LogP) is 3.77. The summed E-state index contributed by atoms with van der Waals surface area (Å²) in [4.78, 5) is 4.04. The minimum atomic E-state index is -0.537. The monoisotopic (exact) mass is 248 g/mol. The van der Waals surface area contributed by atoms with E-state index in [4.69, 9.17) is 17.3 Å². The molecule has 0 aliphatic heterocycles. The first kappa shape index (κ1) is 11.6. The number of hydrogen-bond donors (Lipinski definition) is 1. The van der Waals surface area contributed by atoms with Crippen LogP contribution in [0.5, 0.6) is 0 Å². The van der Waals surface area contributed by atoms with E-state index in [2.05, 4.69) is 11.6 Å². The first-order chi connectivity index (χ1) is 8.13. The van der Waals surface area contributed by atoms with Crippen LogP contribution >= 0.6 is 11.6 Å². The van der Waals surface area contributed by atoms with Crippen LogP contribution in [0.25, 0.3) is 17.3 Å². The SMILES string of the molecule is C=Cc1cnc(-c2ccc(Cl)cc2)c(F)c1N. The van der Waals surface area contributed by atoms with Crippen molar-refractivity contribution in [1.82, 2.24) is 4.98 Å². The van der Waals surface area contributed by atoms with E-state index in [9.17, 15) is 4.39 Å². The molecule has 0 atom stereocenters. The molecular weight excluding hydrogens is 239 g/mol. The van der Waals surface area contributed by atoms with Gasteiger partial charge in [-0.2, -0.15) is 0 Å². The highest BCUT2D eigenvalue weighted by Gasteiger charge is 2.12. The van der Waals surface area contributed by atoms with E-state index in [1.807, 2.05) is 0 Å². The summed E-state index contributed by atoms with van der Waals surface area (Å²) in [6.45, 7) is 3.54. The Kier molecular flexibility index (Phi) is 3.11. The van der Waals surface area contributed by atoms with Crippen molar-refractivity contribution < 1.29 is 4.39 Å². The average molecular weight is 249 g/mol. The van der Waals surface area contributed by atoms with Crippen molar-refractivity contribution in [2.24, 2.45) is 0 Å². The second-order valence-electron chi connectivity index (χ2n) is 3.50. The van der Waals surface area contributed by atoms with Crippen molar-refractivity contribution >= 4 is 23.4 Å². The molecule has 17 heavy (non-hydrogen) atoms. The Morgan fingerprint density at radius 1 is 1.29 bits per heavy atom. The van der Waals surface area contributed by atoms with Crippen molar-refractivity contribution in [2.45, 2.75) is 0 Å². The molecular formula is C13H10ClFN2. The van der Waals surface area contributed by atoms with Gasteiger partial charge in [-0.25, -0.2) is 4.39 Å². The van der Waals surface area contributed by atoms with Crippen molar-refractivity contribution in [3.63, 3.8) is 0 Å². The summed E-state index contributed by atoms with van der Waals surface area (Å²) < 4.78 is 14.0. The Morgan fingerprint density at radius 2 is 1.94 bits per heavy atom. The van der Waals surface area contributed by atoms with E-state index in [-0.39, 0.29) is 11.4 Å². The highest BCUT2D eigenvalue weighted by molar-refractivity contribution is 6.30. The van der Waals surface area contributed by atoms with E-state index in [0.717, 1.165) is 0 Å². The number of hydrogen-bond acceptors (Lipinski definition) is 2. The number of halogens is 2. The van der Waals surface area contributed by atoms with Gasteiger partial charge in [0.25, 0.3) is 0 Å². The van der Waals surface area contributed by atoms with E-state index < -0.39 is 5.82 Å². The fraction of sp³-hybridized carbons (Fsp3) is 0. The molecule has 2 rings (SSSR count). The maximum Gasteiger partial charge on any atom is 0.172 e. The molecule has 0 aliphatic carbocycles. The van der Waals surface area contributed by atoms with Crippen molar-refractivity contribution in [3.8, 4) is 11.3 Å². The third-order valence-electron chi connectivity index (χ3n) is 2.43. The largest absolute Gasteiger partial charge is 0.396 e. The number of nitrogen functional groups attached to an aromatic ring is 1. The molecule has 0 amide bonds. The van der Waals surface area contributed by atoms with Crippen molar-refractivity contribution in [3.05, 3.63) is 53.4 Å². The fourth-order valence-electron chi connectivity index (χ4n) is 1.49. The normalized spacial score (nSPS) is 10.2. The summed E-state index contributed by atoms with van der Waals surface area (Å²) in [5.74, 6) is -0.537. The summed E-state index contributed by atoms with van der Waals surface area (Å²) >= 11 is 5.77. The van der Waals surface area contributed by atoms with Crippen LogP contribution in [-0.4, -0.2) is 4.98 Å². The molecule has 0 bridgehead atoms. The molecule has 2 nitrogen and oxygen atoms in total. The molecule has 86 valence electrons. The Morgan fingerprint density at radius 3 is 2.53 bits per heavy atom. The minimum absolute atomic E-state index is 0.0555. The number of pyridine rings is 1. The molecule has 0 spiro atoms. The summed E-state index contributed by atoms with van der Waals surface area (Å²) in [5.41, 5.74) is 7.04. The number of rotatable bonds is 2. The second-order valence-corrected chi connectivity index (χ2v) is 3.94. The predicted molar refractivity (Wildman–Crippen MR) is 69.1 cm³/mol. The lowest BCUT2D eigenvalue weighted by Crippen LogP contribution is -1.99. The Labute approximate surface area is 104 Å². The first-order valence-corrected chi connectivity index (χ1v) is 5.33. The molecule has 1 heterocycles. The van der Waals surface area contributed by atoms with Gasteiger partial charge in [-0.3, -0.25) is 4.98 Å². The van der Waals surface area contributed by atoms with E-state index >= 15 is 0 Å². The molecule has 1 aromatic carbocycles. The molecule has 0 unspecified atom stereocenters. The smallest absolute Gasteiger partial charge is 0.172 e. The third kappa shape index (κ3) is 2.15. The van der Waals surface area contributed by atoms with Gasteiger partial charge in [0, 0.05) is 22.3 Å². The van der Waals surface area contributed by atoms with Gasteiger partial charge in [-0.15, -0.1) is 0 Å². The number of anilines is 1. The summed E-state index contributed by atoms with van der Waals surface area (Å²) in [7, 11) is 0. The molecule has 2 N–H and O–H groups in total. The first-order valence-electron chi connectivity index (χ1n) is 4.96. The van der Waals surface area contributed by atoms with Crippen LogP contribution in [-0.2, 0) is 0 Å². The van der Waals surface area contributed by atoms with Gasteiger partial charge >= 0.3 is 0 Å². The molecule has 0 fully saturated rings. The van der Waals surface area contributed by atoms with E-state index in [1.54, 1.807) is 24.3 Å². The molecule has 2 aromatic rings. The maximum atomic E-state index is 14.0. The quantitative estimate of drug-likeness (QED) is 0.879. The summed E-state index contributed by atoms with van der Waals surface area (Å²) in [6, 6.07) is 6.74. The van der Waals surface area contributed by atoms with E-state index in [1.165, 1.54) is 12.3 Å². The number of nitrogens with zero attached hydrogens (tertiary/aromatic N) is 1. The van der Waals surface area contributed by atoms with Gasteiger partial charge in [0.2, 0.25) is 0 Å². The van der Waals surface area contributed by atoms with Gasteiger partial charge in [0.05, 0.1) is 5.69 Å². The average Bonchev–Trinajstić information content (AvgIpc) is 2.34. The lowest BCUT2D eigenvalue weighted by molar-refractivity contribution is 0.630. The lowest BCUT2D eigenvalue weighted by atomic mass is 10.1. The Bertz CT molecular complexity index is 564.